The molecule has 0 saturated heterocycles. The number of rotatable bonds is 5. The van der Waals surface area contributed by atoms with E-state index in [1.807, 2.05) is 6.92 Å². The van der Waals surface area contributed by atoms with Crippen LogP contribution in [0.2, 0.25) is 0 Å². The molecule has 3 heteroatoms. The predicted molar refractivity (Wildman–Crippen MR) is 134 cm³/mol. The number of aliphatic hydroxyl groups excluding tert-OH is 2. The van der Waals surface area contributed by atoms with Gasteiger partial charge in [0.1, 0.15) is 6.29 Å². The van der Waals surface area contributed by atoms with E-state index in [2.05, 4.69) is 59.4 Å². The highest BCUT2D eigenvalue weighted by Crippen LogP contribution is 2.74. The molecule has 0 radical (unpaired) electrons. The monoisotopic (exact) mass is 454 g/mol. The number of allylic oxidation sites excluding steroid dienone is 3. The second-order valence-corrected chi connectivity index (χ2v) is 13.1. The zero-order chi connectivity index (χ0) is 24.4. The number of carbonyl (C=O) groups excluding carboxylic acids is 1. The average molecular weight is 455 g/mol. The Morgan fingerprint density at radius 3 is 2.45 bits per heavy atom. The van der Waals surface area contributed by atoms with Crippen molar-refractivity contribution in [1.29, 1.82) is 0 Å². The van der Waals surface area contributed by atoms with Crippen molar-refractivity contribution in [3.8, 4) is 0 Å². The normalized spacial score (nSPS) is 47.3. The Balaban J connectivity index is 1.73. The molecule has 4 rings (SSSR count). The molecule has 3 nitrogen and oxygen atoms in total. The molecule has 0 amide bonds. The van der Waals surface area contributed by atoms with Crippen molar-refractivity contribution in [2.45, 2.75) is 98.7 Å². The summed E-state index contributed by atoms with van der Waals surface area (Å²) in [4.78, 5) is 13.0. The number of aliphatic hydroxyl groups is 2. The maximum absolute atomic E-state index is 13.0. The molecule has 0 spiro atoms. The van der Waals surface area contributed by atoms with Crippen LogP contribution in [0.25, 0.3) is 0 Å². The van der Waals surface area contributed by atoms with Crippen LogP contribution < -0.4 is 0 Å². The van der Waals surface area contributed by atoms with Crippen molar-refractivity contribution < 1.29 is 15.0 Å². The summed E-state index contributed by atoms with van der Waals surface area (Å²) in [5, 5.41) is 22.4. The molecule has 3 saturated carbocycles. The molecule has 184 valence electrons. The summed E-state index contributed by atoms with van der Waals surface area (Å²) >= 11 is 0. The van der Waals surface area contributed by atoms with E-state index in [1.54, 1.807) is 0 Å². The van der Waals surface area contributed by atoms with E-state index in [0.29, 0.717) is 11.8 Å². The Morgan fingerprint density at radius 1 is 1.12 bits per heavy atom. The molecule has 0 aromatic rings. The molecule has 0 heterocycles. The Kier molecular flexibility index (Phi) is 6.19. The van der Waals surface area contributed by atoms with Gasteiger partial charge in [0, 0.05) is 16.7 Å². The van der Waals surface area contributed by atoms with Gasteiger partial charge in [-0.1, -0.05) is 70.6 Å². The molecule has 0 bridgehead atoms. The third-order valence-electron chi connectivity index (χ3n) is 11.3. The molecule has 2 unspecified atom stereocenters. The number of hydrogen-bond donors (Lipinski definition) is 2. The summed E-state index contributed by atoms with van der Waals surface area (Å²) in [6.07, 6.45) is 13.4. The zero-order valence-corrected chi connectivity index (χ0v) is 21.7. The smallest absolute Gasteiger partial charge is 0.127 e. The molecular weight excluding hydrogens is 408 g/mol. The molecule has 0 aliphatic heterocycles. The van der Waals surface area contributed by atoms with E-state index in [4.69, 9.17) is 0 Å². The number of hydrogen-bond acceptors (Lipinski definition) is 3. The predicted octanol–water partition coefficient (Wildman–Crippen LogP) is 6.26. The highest BCUT2D eigenvalue weighted by atomic mass is 16.3. The van der Waals surface area contributed by atoms with Gasteiger partial charge in [-0.15, -0.1) is 0 Å². The van der Waals surface area contributed by atoms with Gasteiger partial charge in [0.15, 0.2) is 0 Å². The van der Waals surface area contributed by atoms with Crippen LogP contribution in [0.4, 0.5) is 0 Å². The minimum Gasteiger partial charge on any atom is -0.392 e. The highest BCUT2D eigenvalue weighted by molar-refractivity contribution is 5.65. The molecule has 2 N–H and O–H groups in total. The molecule has 4 aliphatic rings. The van der Waals surface area contributed by atoms with Crippen molar-refractivity contribution in [1.82, 2.24) is 0 Å². The quantitative estimate of drug-likeness (QED) is 0.293. The molecule has 0 aromatic heterocycles. The van der Waals surface area contributed by atoms with Gasteiger partial charge in [0.25, 0.3) is 0 Å². The molecule has 4 aliphatic carbocycles. The van der Waals surface area contributed by atoms with Gasteiger partial charge in [-0.25, -0.2) is 0 Å². The Labute approximate surface area is 201 Å². The van der Waals surface area contributed by atoms with E-state index < -0.39 is 23.0 Å². The number of fused-ring (bicyclic) bond motifs is 5. The lowest BCUT2D eigenvalue weighted by molar-refractivity contribution is -0.182. The molecule has 0 aromatic carbocycles. The Morgan fingerprint density at radius 2 is 1.82 bits per heavy atom. The summed E-state index contributed by atoms with van der Waals surface area (Å²) in [5.41, 5.74) is 1.33. The van der Waals surface area contributed by atoms with Gasteiger partial charge in [0.05, 0.1) is 12.2 Å². The lowest BCUT2D eigenvalue weighted by Crippen LogP contribution is -2.64. The first-order chi connectivity index (χ1) is 15.3. The second-order valence-electron chi connectivity index (χ2n) is 13.1. The third-order valence-corrected chi connectivity index (χ3v) is 11.3. The topological polar surface area (TPSA) is 57.5 Å². The summed E-state index contributed by atoms with van der Waals surface area (Å²) in [7, 11) is 0. The van der Waals surface area contributed by atoms with Crippen LogP contribution >= 0.6 is 0 Å². The molecule has 33 heavy (non-hydrogen) atoms. The highest BCUT2D eigenvalue weighted by Gasteiger charge is 2.70. The van der Waals surface area contributed by atoms with E-state index in [1.165, 1.54) is 12.7 Å². The fraction of sp³-hybridized carbons (Fsp3) is 0.767. The minimum atomic E-state index is -0.631. The minimum absolute atomic E-state index is 0.0517. The van der Waals surface area contributed by atoms with Crippen LogP contribution in [0, 0.1) is 45.3 Å². The maximum atomic E-state index is 13.0. The van der Waals surface area contributed by atoms with Crippen LogP contribution in [-0.2, 0) is 4.79 Å². The second kappa shape index (κ2) is 8.19. The fourth-order valence-electron chi connectivity index (χ4n) is 9.20. The molecular formula is C30H46O3. The van der Waals surface area contributed by atoms with Crippen LogP contribution in [-0.4, -0.2) is 28.7 Å². The summed E-state index contributed by atoms with van der Waals surface area (Å²) in [5.74, 6) is 1.23. The van der Waals surface area contributed by atoms with Crippen molar-refractivity contribution in [3.63, 3.8) is 0 Å². The van der Waals surface area contributed by atoms with Crippen LogP contribution in [0.5, 0.6) is 0 Å². The van der Waals surface area contributed by atoms with Crippen molar-refractivity contribution in [3.05, 3.63) is 36.0 Å². The molecule has 9 atom stereocenters. The van der Waals surface area contributed by atoms with Crippen molar-refractivity contribution in [2.75, 3.05) is 0 Å². The Bertz CT molecular complexity index is 868. The van der Waals surface area contributed by atoms with Crippen molar-refractivity contribution in [2.24, 2.45) is 45.3 Å². The number of aldehydes is 1. The third kappa shape index (κ3) is 3.39. The molecule has 3 fully saturated rings. The van der Waals surface area contributed by atoms with E-state index in [0.717, 1.165) is 49.7 Å². The summed E-state index contributed by atoms with van der Waals surface area (Å²) in [6, 6.07) is 0. The lowest BCUT2D eigenvalue weighted by atomic mass is 9.38. The van der Waals surface area contributed by atoms with Gasteiger partial charge in [0.2, 0.25) is 0 Å². The van der Waals surface area contributed by atoms with E-state index in [9.17, 15) is 15.0 Å². The summed E-state index contributed by atoms with van der Waals surface area (Å²) < 4.78 is 0. The first-order valence-corrected chi connectivity index (χ1v) is 13.2. The van der Waals surface area contributed by atoms with Gasteiger partial charge >= 0.3 is 0 Å². The van der Waals surface area contributed by atoms with E-state index in [-0.39, 0.29) is 22.7 Å². The van der Waals surface area contributed by atoms with Gasteiger partial charge in [-0.05, 0) is 80.5 Å². The van der Waals surface area contributed by atoms with Crippen molar-refractivity contribution >= 4 is 6.29 Å². The van der Waals surface area contributed by atoms with Crippen LogP contribution in [0.3, 0.4) is 0 Å². The lowest BCUT2D eigenvalue weighted by Gasteiger charge is -2.66. The van der Waals surface area contributed by atoms with Gasteiger partial charge in [-0.2, -0.15) is 0 Å². The number of carbonyl (C=O) groups is 1. The van der Waals surface area contributed by atoms with Crippen LogP contribution in [0.15, 0.2) is 36.0 Å². The standard InChI is InChI=1S/C30H46O3/c1-19(2)9-8-10-20(3)21-13-14-29(7)26-24(32)17-23-22(11-12-25(33)27(23,4)5)30(26,18-31)16-15-28(21,29)6/h8-9,17-18,20-22,24-26,32-33H,1,10-16H2,2-7H3/b9-8+/t20-,21-,22?,24+,25+,26?,28-,29+,30-/m1/s1. The van der Waals surface area contributed by atoms with E-state index >= 15 is 0 Å². The average Bonchev–Trinajstić information content (AvgIpc) is 3.01. The zero-order valence-electron chi connectivity index (χ0n) is 21.7. The SMILES string of the molecule is C=C(C)/C=C/C[C@@H](C)[C@H]1CC[C@@]2(C)C3[C@@H](O)C=C4C(CC[C@H](O)C4(C)C)[C@]3(C=O)CC[C@]12C. The largest absolute Gasteiger partial charge is 0.392 e. The first kappa shape index (κ1) is 24.9. The summed E-state index contributed by atoms with van der Waals surface area (Å²) in [6.45, 7) is 17.4. The fourth-order valence-corrected chi connectivity index (χ4v) is 9.20. The Hall–Kier alpha value is -1.19. The van der Waals surface area contributed by atoms with Gasteiger partial charge in [-0.3, -0.25) is 0 Å². The van der Waals surface area contributed by atoms with Gasteiger partial charge < -0.3 is 15.0 Å². The first-order valence-electron chi connectivity index (χ1n) is 13.2. The maximum Gasteiger partial charge on any atom is 0.127 e. The van der Waals surface area contributed by atoms with Crippen LogP contribution in [0.1, 0.15) is 86.5 Å².